The van der Waals surface area contributed by atoms with Crippen LogP contribution < -0.4 is 5.32 Å². The van der Waals surface area contributed by atoms with Gasteiger partial charge in [0.15, 0.2) is 0 Å². The van der Waals surface area contributed by atoms with E-state index in [2.05, 4.69) is 21.2 Å². The van der Waals surface area contributed by atoms with E-state index in [-0.39, 0.29) is 18.4 Å². The summed E-state index contributed by atoms with van der Waals surface area (Å²) in [6.45, 7) is 1.62. The predicted octanol–water partition coefficient (Wildman–Crippen LogP) is 2.84. The molecule has 0 unspecified atom stereocenters. The minimum Gasteiger partial charge on any atom is -0.343 e. The van der Waals surface area contributed by atoms with Crippen molar-refractivity contribution in [2.45, 2.75) is 19.3 Å². The fraction of sp³-hybridized carbons (Fsp3) is 0.429. The topological polar surface area (TPSA) is 49.4 Å². The van der Waals surface area contributed by atoms with Crippen molar-refractivity contribution in [2.24, 2.45) is 0 Å². The number of hydrogen-bond donors (Lipinski definition) is 1. The molecular formula is C14H16BrClN2O2. The summed E-state index contributed by atoms with van der Waals surface area (Å²) in [4.78, 5) is 25.7. The number of nitrogens with zero attached hydrogens (tertiary/aromatic N) is 1. The summed E-state index contributed by atoms with van der Waals surface area (Å²) in [6, 6.07) is 4.95. The zero-order valence-electron chi connectivity index (χ0n) is 11.0. The van der Waals surface area contributed by atoms with Crippen LogP contribution in [0.4, 0.5) is 0 Å². The molecule has 1 aromatic rings. The second-order valence-corrected chi connectivity index (χ2v) is 6.01. The average Bonchev–Trinajstić information content (AvgIpc) is 2.48. The first-order valence-electron chi connectivity index (χ1n) is 6.59. The fourth-order valence-electron chi connectivity index (χ4n) is 2.15. The monoisotopic (exact) mass is 358 g/mol. The molecule has 0 radical (unpaired) electrons. The van der Waals surface area contributed by atoms with Crippen molar-refractivity contribution in [2.75, 3.05) is 19.6 Å². The summed E-state index contributed by atoms with van der Waals surface area (Å²) in [5, 5.41) is 3.11. The Balaban J connectivity index is 1.88. The predicted molar refractivity (Wildman–Crippen MR) is 81.9 cm³/mol. The number of hydrogen-bond acceptors (Lipinski definition) is 2. The van der Waals surface area contributed by atoms with Crippen LogP contribution in [0.3, 0.4) is 0 Å². The van der Waals surface area contributed by atoms with Crippen molar-refractivity contribution in [3.8, 4) is 0 Å². The number of likely N-dealkylation sites (tertiary alicyclic amines) is 1. The molecule has 20 heavy (non-hydrogen) atoms. The molecule has 1 saturated heterocycles. The number of carbonyl (C=O) groups is 2. The summed E-state index contributed by atoms with van der Waals surface area (Å²) in [5.41, 5.74) is 0.449. The molecule has 1 N–H and O–H groups in total. The number of halogens is 2. The van der Waals surface area contributed by atoms with E-state index >= 15 is 0 Å². The molecule has 0 spiro atoms. The van der Waals surface area contributed by atoms with Crippen molar-refractivity contribution < 1.29 is 9.59 Å². The van der Waals surface area contributed by atoms with Crippen LogP contribution in [0.1, 0.15) is 29.6 Å². The number of amides is 2. The molecule has 108 valence electrons. The Hall–Kier alpha value is -1.07. The Labute approximate surface area is 131 Å². The van der Waals surface area contributed by atoms with Gasteiger partial charge in [-0.15, -0.1) is 0 Å². The van der Waals surface area contributed by atoms with Gasteiger partial charge >= 0.3 is 0 Å². The van der Waals surface area contributed by atoms with Crippen LogP contribution in [-0.2, 0) is 4.79 Å². The van der Waals surface area contributed by atoms with Crippen molar-refractivity contribution in [3.63, 3.8) is 0 Å². The molecule has 0 aliphatic carbocycles. The second kappa shape index (κ2) is 7.09. The van der Waals surface area contributed by atoms with Gasteiger partial charge in [-0.2, -0.15) is 0 Å². The summed E-state index contributed by atoms with van der Waals surface area (Å²) < 4.78 is 0.736. The van der Waals surface area contributed by atoms with Crippen molar-refractivity contribution in [1.29, 1.82) is 0 Å². The lowest BCUT2D eigenvalue weighted by molar-refractivity contribution is -0.130. The maximum atomic E-state index is 11.9. The number of rotatable bonds is 3. The smallest absolute Gasteiger partial charge is 0.251 e. The van der Waals surface area contributed by atoms with Gasteiger partial charge in [0.05, 0.1) is 11.6 Å². The molecule has 1 fully saturated rings. The minimum atomic E-state index is -0.287. The van der Waals surface area contributed by atoms with E-state index < -0.39 is 0 Å². The molecular weight excluding hydrogens is 344 g/mol. The van der Waals surface area contributed by atoms with E-state index in [1.807, 2.05) is 0 Å². The highest BCUT2D eigenvalue weighted by molar-refractivity contribution is 9.10. The van der Waals surface area contributed by atoms with E-state index in [4.69, 9.17) is 11.6 Å². The zero-order valence-corrected chi connectivity index (χ0v) is 13.3. The Bertz CT molecular complexity index is 516. The van der Waals surface area contributed by atoms with Gasteiger partial charge in [0.2, 0.25) is 5.91 Å². The van der Waals surface area contributed by atoms with Gasteiger partial charge < -0.3 is 10.2 Å². The summed E-state index contributed by atoms with van der Waals surface area (Å²) in [7, 11) is 0. The molecule has 0 aromatic heterocycles. The van der Waals surface area contributed by atoms with Gasteiger partial charge in [0.25, 0.3) is 5.91 Å². The number of carbonyl (C=O) groups excluding carboxylic acids is 2. The standard InChI is InChI=1S/C14H16BrClN2O2/c15-11-5-4-10(8-12(11)16)14(20)17-9-13(19)18-6-2-1-3-7-18/h4-5,8H,1-3,6-7,9H2,(H,17,20). The highest BCUT2D eigenvalue weighted by atomic mass is 79.9. The van der Waals surface area contributed by atoms with E-state index in [1.54, 1.807) is 23.1 Å². The van der Waals surface area contributed by atoms with Crippen molar-refractivity contribution >= 4 is 39.3 Å². The third-order valence-electron chi connectivity index (χ3n) is 3.29. The fourth-order valence-corrected chi connectivity index (χ4v) is 2.58. The first-order valence-corrected chi connectivity index (χ1v) is 7.76. The normalized spacial score (nSPS) is 15.0. The molecule has 2 amide bonds. The van der Waals surface area contributed by atoms with E-state index in [9.17, 15) is 9.59 Å². The van der Waals surface area contributed by atoms with Gasteiger partial charge in [-0.05, 0) is 53.4 Å². The first kappa shape index (κ1) is 15.3. The summed E-state index contributed by atoms with van der Waals surface area (Å²) in [5.74, 6) is -0.314. The largest absolute Gasteiger partial charge is 0.343 e. The molecule has 0 atom stereocenters. The zero-order chi connectivity index (χ0) is 14.5. The third kappa shape index (κ3) is 3.96. The lowest BCUT2D eigenvalue weighted by Gasteiger charge is -2.26. The van der Waals surface area contributed by atoms with Gasteiger partial charge in [0, 0.05) is 23.1 Å². The molecule has 1 aliphatic heterocycles. The number of piperidine rings is 1. The molecule has 4 nitrogen and oxygen atoms in total. The Kier molecular flexibility index (Phi) is 5.43. The highest BCUT2D eigenvalue weighted by Crippen LogP contribution is 2.23. The maximum absolute atomic E-state index is 11.9. The summed E-state index contributed by atoms with van der Waals surface area (Å²) in [6.07, 6.45) is 3.26. The Morgan fingerprint density at radius 2 is 1.95 bits per heavy atom. The van der Waals surface area contributed by atoms with Crippen LogP contribution in [0.25, 0.3) is 0 Å². The SMILES string of the molecule is O=C(NCC(=O)N1CCCCC1)c1ccc(Br)c(Cl)c1. The molecule has 6 heteroatoms. The minimum absolute atomic E-state index is 0.0266. The van der Waals surface area contributed by atoms with Crippen LogP contribution in [-0.4, -0.2) is 36.3 Å². The lowest BCUT2D eigenvalue weighted by atomic mass is 10.1. The van der Waals surface area contributed by atoms with Crippen LogP contribution in [0.15, 0.2) is 22.7 Å². The molecule has 2 rings (SSSR count). The number of benzene rings is 1. The van der Waals surface area contributed by atoms with Crippen LogP contribution in [0, 0.1) is 0 Å². The van der Waals surface area contributed by atoms with Gasteiger partial charge in [-0.3, -0.25) is 9.59 Å². The van der Waals surface area contributed by atoms with Crippen molar-refractivity contribution in [1.82, 2.24) is 10.2 Å². The van der Waals surface area contributed by atoms with Crippen LogP contribution in [0.2, 0.25) is 5.02 Å². The molecule has 1 aliphatic rings. The third-order valence-corrected chi connectivity index (χ3v) is 4.52. The average molecular weight is 360 g/mol. The maximum Gasteiger partial charge on any atom is 0.251 e. The Morgan fingerprint density at radius 3 is 2.60 bits per heavy atom. The molecule has 0 saturated carbocycles. The Morgan fingerprint density at radius 1 is 1.25 bits per heavy atom. The highest BCUT2D eigenvalue weighted by Gasteiger charge is 2.17. The van der Waals surface area contributed by atoms with Gasteiger partial charge in [0.1, 0.15) is 0 Å². The second-order valence-electron chi connectivity index (χ2n) is 4.75. The first-order chi connectivity index (χ1) is 9.58. The quantitative estimate of drug-likeness (QED) is 0.902. The van der Waals surface area contributed by atoms with Crippen LogP contribution in [0.5, 0.6) is 0 Å². The van der Waals surface area contributed by atoms with Gasteiger partial charge in [-0.1, -0.05) is 11.6 Å². The van der Waals surface area contributed by atoms with Crippen LogP contribution >= 0.6 is 27.5 Å². The van der Waals surface area contributed by atoms with E-state index in [1.165, 1.54) is 6.42 Å². The van der Waals surface area contributed by atoms with Gasteiger partial charge in [-0.25, -0.2) is 0 Å². The lowest BCUT2D eigenvalue weighted by Crippen LogP contribution is -2.42. The van der Waals surface area contributed by atoms with Crippen molar-refractivity contribution in [3.05, 3.63) is 33.3 Å². The van der Waals surface area contributed by atoms with E-state index in [0.717, 1.165) is 30.4 Å². The number of nitrogens with one attached hydrogen (secondary N) is 1. The summed E-state index contributed by atoms with van der Waals surface area (Å²) >= 11 is 9.21. The van der Waals surface area contributed by atoms with E-state index in [0.29, 0.717) is 10.6 Å². The molecule has 1 heterocycles. The molecule has 1 aromatic carbocycles. The molecule has 0 bridgehead atoms.